The third-order valence-corrected chi connectivity index (χ3v) is 3.03. The highest BCUT2D eigenvalue weighted by atomic mass is 16.1. The Morgan fingerprint density at radius 2 is 2.28 bits per heavy atom. The maximum Gasteiger partial charge on any atom is 0.253 e. The van der Waals surface area contributed by atoms with E-state index in [1.54, 1.807) is 6.20 Å². The van der Waals surface area contributed by atoms with Crippen molar-refractivity contribution in [2.45, 2.75) is 25.8 Å². The maximum atomic E-state index is 12.2. The highest BCUT2D eigenvalue weighted by Crippen LogP contribution is 2.17. The summed E-state index contributed by atoms with van der Waals surface area (Å²) in [5.41, 5.74) is 1.63. The number of nitrogens with one attached hydrogen (secondary N) is 2. The summed E-state index contributed by atoms with van der Waals surface area (Å²) >= 11 is 0. The summed E-state index contributed by atoms with van der Waals surface area (Å²) < 4.78 is 0. The molecule has 0 saturated carbocycles. The number of benzene rings is 1. The third-order valence-electron chi connectivity index (χ3n) is 3.03. The van der Waals surface area contributed by atoms with Crippen molar-refractivity contribution in [2.75, 3.05) is 0 Å². The molecule has 2 rings (SSSR count). The van der Waals surface area contributed by atoms with Crippen molar-refractivity contribution in [3.63, 3.8) is 0 Å². The second-order valence-electron chi connectivity index (χ2n) is 4.23. The molecule has 2 N–H and O–H groups in total. The molecule has 0 aliphatic carbocycles. The number of H-pyrrole nitrogens is 1. The van der Waals surface area contributed by atoms with Gasteiger partial charge in [-0.25, -0.2) is 0 Å². The number of fused-ring (bicyclic) bond motifs is 1. The molecule has 0 bridgehead atoms. The lowest BCUT2D eigenvalue weighted by Crippen LogP contribution is -2.33. The van der Waals surface area contributed by atoms with Gasteiger partial charge in [0.1, 0.15) is 0 Å². The first-order valence-corrected chi connectivity index (χ1v) is 6.06. The van der Waals surface area contributed by atoms with Crippen molar-refractivity contribution in [1.29, 1.82) is 0 Å². The molecule has 0 radical (unpaired) electrons. The SMILES string of the molecule is C#CCC(CC)NC(=O)c1c[nH]c2ccccc12. The fraction of sp³-hybridized carbons (Fsp3) is 0.267. The number of aromatic nitrogens is 1. The first-order valence-electron chi connectivity index (χ1n) is 6.06. The van der Waals surface area contributed by atoms with Gasteiger partial charge in [-0.05, 0) is 12.5 Å². The predicted octanol–water partition coefficient (Wildman–Crippen LogP) is 2.70. The number of para-hydroxylation sites is 1. The molecule has 1 aromatic heterocycles. The Morgan fingerprint density at radius 3 is 3.00 bits per heavy atom. The van der Waals surface area contributed by atoms with Gasteiger partial charge >= 0.3 is 0 Å². The van der Waals surface area contributed by atoms with Crippen LogP contribution >= 0.6 is 0 Å². The Labute approximate surface area is 107 Å². The number of hydrogen-bond acceptors (Lipinski definition) is 1. The maximum absolute atomic E-state index is 12.2. The molecule has 3 nitrogen and oxygen atoms in total. The van der Waals surface area contributed by atoms with Gasteiger partial charge in [0.2, 0.25) is 0 Å². The number of carbonyl (C=O) groups is 1. The quantitative estimate of drug-likeness (QED) is 0.793. The van der Waals surface area contributed by atoms with E-state index in [1.165, 1.54) is 0 Å². The molecular formula is C15H16N2O. The van der Waals surface area contributed by atoms with Crippen LogP contribution in [0, 0.1) is 12.3 Å². The van der Waals surface area contributed by atoms with Crippen LogP contribution in [0.25, 0.3) is 10.9 Å². The number of aromatic amines is 1. The highest BCUT2D eigenvalue weighted by Gasteiger charge is 2.14. The third kappa shape index (κ3) is 2.38. The van der Waals surface area contributed by atoms with Crippen molar-refractivity contribution >= 4 is 16.8 Å². The standard InChI is InChI=1S/C15H16N2O/c1-3-7-11(4-2)17-15(18)13-10-16-14-9-6-5-8-12(13)14/h1,5-6,8-11,16H,4,7H2,2H3,(H,17,18). The van der Waals surface area contributed by atoms with Crippen molar-refractivity contribution in [3.8, 4) is 12.3 Å². The second-order valence-corrected chi connectivity index (χ2v) is 4.23. The first kappa shape index (κ1) is 12.3. The van der Waals surface area contributed by atoms with Crippen LogP contribution in [0.3, 0.4) is 0 Å². The smallest absolute Gasteiger partial charge is 0.253 e. The van der Waals surface area contributed by atoms with Crippen molar-refractivity contribution in [3.05, 3.63) is 36.0 Å². The van der Waals surface area contributed by atoms with Gasteiger partial charge < -0.3 is 10.3 Å². The largest absolute Gasteiger partial charge is 0.360 e. The molecule has 18 heavy (non-hydrogen) atoms. The van der Waals surface area contributed by atoms with Gasteiger partial charge in [-0.1, -0.05) is 25.1 Å². The molecule has 0 aliphatic rings. The molecule has 0 aliphatic heterocycles. The molecule has 0 saturated heterocycles. The summed E-state index contributed by atoms with van der Waals surface area (Å²) in [6.45, 7) is 2.01. The molecule has 2 aromatic rings. The van der Waals surface area contributed by atoms with Crippen LogP contribution in [0.15, 0.2) is 30.5 Å². The van der Waals surface area contributed by atoms with Crippen LogP contribution in [-0.4, -0.2) is 16.9 Å². The van der Waals surface area contributed by atoms with E-state index in [9.17, 15) is 4.79 Å². The summed E-state index contributed by atoms with van der Waals surface area (Å²) in [7, 11) is 0. The van der Waals surface area contributed by atoms with E-state index in [1.807, 2.05) is 31.2 Å². The fourth-order valence-corrected chi connectivity index (χ4v) is 1.96. The zero-order valence-corrected chi connectivity index (χ0v) is 10.4. The van der Waals surface area contributed by atoms with Gasteiger partial charge in [0.05, 0.1) is 5.56 Å². The lowest BCUT2D eigenvalue weighted by Gasteiger charge is -2.13. The molecule has 0 spiro atoms. The average Bonchev–Trinajstić information content (AvgIpc) is 2.82. The van der Waals surface area contributed by atoms with E-state index in [4.69, 9.17) is 6.42 Å². The van der Waals surface area contributed by atoms with Crippen LogP contribution in [0.5, 0.6) is 0 Å². The van der Waals surface area contributed by atoms with Crippen LogP contribution in [0.2, 0.25) is 0 Å². The van der Waals surface area contributed by atoms with Crippen LogP contribution < -0.4 is 5.32 Å². The number of terminal acetylenes is 1. The summed E-state index contributed by atoms with van der Waals surface area (Å²) in [6.07, 6.45) is 8.41. The van der Waals surface area contributed by atoms with E-state index in [0.717, 1.165) is 17.3 Å². The van der Waals surface area contributed by atoms with Crippen LogP contribution in [0.1, 0.15) is 30.1 Å². The van der Waals surface area contributed by atoms with Gasteiger partial charge in [-0.3, -0.25) is 4.79 Å². The lowest BCUT2D eigenvalue weighted by atomic mass is 10.1. The van der Waals surface area contributed by atoms with Gasteiger partial charge in [0.25, 0.3) is 5.91 Å². The van der Waals surface area contributed by atoms with Gasteiger partial charge in [-0.15, -0.1) is 12.3 Å². The Kier molecular flexibility index (Phi) is 3.69. The molecule has 1 heterocycles. The van der Waals surface area contributed by atoms with E-state index in [2.05, 4.69) is 16.2 Å². The summed E-state index contributed by atoms with van der Waals surface area (Å²) in [5, 5.41) is 3.90. The molecule has 1 atom stereocenters. The van der Waals surface area contributed by atoms with Gasteiger partial charge in [0.15, 0.2) is 0 Å². The Bertz CT molecular complexity index is 592. The van der Waals surface area contributed by atoms with Crippen molar-refractivity contribution in [2.24, 2.45) is 0 Å². The minimum atomic E-state index is -0.0745. The van der Waals surface area contributed by atoms with E-state index < -0.39 is 0 Å². The number of rotatable bonds is 4. The topological polar surface area (TPSA) is 44.9 Å². The number of carbonyl (C=O) groups excluding carboxylic acids is 1. The van der Waals surface area contributed by atoms with E-state index >= 15 is 0 Å². The zero-order valence-electron chi connectivity index (χ0n) is 10.4. The van der Waals surface area contributed by atoms with E-state index in [0.29, 0.717) is 12.0 Å². The molecule has 1 amide bonds. The minimum absolute atomic E-state index is 0.0381. The fourth-order valence-electron chi connectivity index (χ4n) is 1.96. The molecular weight excluding hydrogens is 224 g/mol. The predicted molar refractivity (Wildman–Crippen MR) is 73.3 cm³/mol. The van der Waals surface area contributed by atoms with Crippen LogP contribution in [0.4, 0.5) is 0 Å². The summed E-state index contributed by atoms with van der Waals surface area (Å²) in [4.78, 5) is 15.3. The van der Waals surface area contributed by atoms with Crippen LogP contribution in [-0.2, 0) is 0 Å². The van der Waals surface area contributed by atoms with Gasteiger partial charge in [0, 0.05) is 29.6 Å². The lowest BCUT2D eigenvalue weighted by molar-refractivity contribution is 0.0938. The minimum Gasteiger partial charge on any atom is -0.360 e. The summed E-state index contributed by atoms with van der Waals surface area (Å²) in [6, 6.07) is 7.78. The number of amides is 1. The zero-order chi connectivity index (χ0) is 13.0. The van der Waals surface area contributed by atoms with Gasteiger partial charge in [-0.2, -0.15) is 0 Å². The highest BCUT2D eigenvalue weighted by molar-refractivity contribution is 6.06. The van der Waals surface area contributed by atoms with Crippen molar-refractivity contribution in [1.82, 2.24) is 10.3 Å². The molecule has 92 valence electrons. The first-order chi connectivity index (χ1) is 8.76. The molecule has 1 aromatic carbocycles. The molecule has 1 unspecified atom stereocenters. The van der Waals surface area contributed by atoms with E-state index in [-0.39, 0.29) is 11.9 Å². The summed E-state index contributed by atoms with van der Waals surface area (Å²) in [5.74, 6) is 2.51. The van der Waals surface area contributed by atoms with Crippen molar-refractivity contribution < 1.29 is 4.79 Å². The monoisotopic (exact) mass is 240 g/mol. The Hall–Kier alpha value is -2.21. The Morgan fingerprint density at radius 1 is 1.50 bits per heavy atom. The Balaban J connectivity index is 2.21. The second kappa shape index (κ2) is 5.42. The number of hydrogen-bond donors (Lipinski definition) is 2. The molecule has 3 heteroatoms. The molecule has 0 fully saturated rings. The normalized spacial score (nSPS) is 12.0. The average molecular weight is 240 g/mol.